The lowest BCUT2D eigenvalue weighted by molar-refractivity contribution is 0.406. The van der Waals surface area contributed by atoms with E-state index in [0.717, 1.165) is 11.8 Å². The van der Waals surface area contributed by atoms with Gasteiger partial charge in [0.15, 0.2) is 0 Å². The van der Waals surface area contributed by atoms with Crippen LogP contribution in [0.25, 0.3) is 0 Å². The molecule has 1 rings (SSSR count). The first-order valence-electron chi connectivity index (χ1n) is 7.34. The lowest BCUT2D eigenvalue weighted by Crippen LogP contribution is -2.09. The Morgan fingerprint density at radius 1 is 0.941 bits per heavy atom. The third-order valence-electron chi connectivity index (χ3n) is 3.93. The lowest BCUT2D eigenvalue weighted by Gasteiger charge is -2.23. The zero-order valence-electron chi connectivity index (χ0n) is 11.8. The Hall–Kier alpha value is -0.780. The minimum atomic E-state index is 0.762. The van der Waals surface area contributed by atoms with Crippen LogP contribution in [0.5, 0.6) is 0 Å². The minimum absolute atomic E-state index is 0.762. The van der Waals surface area contributed by atoms with Gasteiger partial charge in [-0.25, -0.2) is 0 Å². The fourth-order valence-electron chi connectivity index (χ4n) is 2.56. The zero-order valence-corrected chi connectivity index (χ0v) is 11.8. The molecule has 2 atom stereocenters. The van der Waals surface area contributed by atoms with E-state index in [-0.39, 0.29) is 0 Å². The van der Waals surface area contributed by atoms with E-state index in [9.17, 15) is 0 Å². The van der Waals surface area contributed by atoms with Gasteiger partial charge < -0.3 is 0 Å². The van der Waals surface area contributed by atoms with Crippen molar-refractivity contribution in [2.24, 2.45) is 5.92 Å². The van der Waals surface area contributed by atoms with E-state index in [2.05, 4.69) is 51.1 Å². The quantitative estimate of drug-likeness (QED) is 0.498. The van der Waals surface area contributed by atoms with Crippen molar-refractivity contribution in [2.75, 3.05) is 0 Å². The first-order valence-corrected chi connectivity index (χ1v) is 7.34. The van der Waals surface area contributed by atoms with Crippen LogP contribution in [-0.4, -0.2) is 0 Å². The smallest absolute Gasteiger partial charge is 0.0136 e. The average molecular weight is 232 g/mol. The monoisotopic (exact) mass is 232 g/mol. The van der Waals surface area contributed by atoms with Crippen molar-refractivity contribution in [1.82, 2.24) is 0 Å². The van der Waals surface area contributed by atoms with Gasteiger partial charge in [0, 0.05) is 0 Å². The second kappa shape index (κ2) is 8.33. The second-order valence-corrected chi connectivity index (χ2v) is 5.25. The van der Waals surface area contributed by atoms with Crippen LogP contribution in [0.4, 0.5) is 0 Å². The Kier molecular flexibility index (Phi) is 7.00. The molecule has 0 aromatic heterocycles. The molecule has 0 amide bonds. The molecule has 0 aliphatic rings. The van der Waals surface area contributed by atoms with Gasteiger partial charge in [-0.1, -0.05) is 83.2 Å². The molecule has 0 fully saturated rings. The van der Waals surface area contributed by atoms with E-state index in [4.69, 9.17) is 0 Å². The zero-order chi connectivity index (χ0) is 12.5. The third-order valence-corrected chi connectivity index (χ3v) is 3.93. The molecule has 1 aromatic rings. The van der Waals surface area contributed by atoms with Gasteiger partial charge in [-0.3, -0.25) is 0 Å². The molecular formula is C17H28. The van der Waals surface area contributed by atoms with E-state index in [0.29, 0.717) is 0 Å². The molecule has 96 valence electrons. The summed E-state index contributed by atoms with van der Waals surface area (Å²) in [6.07, 6.45) is 8.15. The molecule has 0 nitrogen and oxygen atoms in total. The van der Waals surface area contributed by atoms with E-state index in [1.807, 2.05) is 0 Å². The van der Waals surface area contributed by atoms with Crippen molar-refractivity contribution in [3.8, 4) is 0 Å². The molecule has 0 radical (unpaired) electrons. The lowest BCUT2D eigenvalue weighted by atomic mass is 9.82. The molecule has 1 aromatic carbocycles. The van der Waals surface area contributed by atoms with Gasteiger partial charge in [-0.05, 0) is 23.8 Å². The van der Waals surface area contributed by atoms with Crippen molar-refractivity contribution in [1.29, 1.82) is 0 Å². The minimum Gasteiger partial charge on any atom is -0.0654 e. The first-order chi connectivity index (χ1) is 8.29. The SMILES string of the molecule is CCCCCCC(c1ccccc1)C(C)CC. The van der Waals surface area contributed by atoms with Gasteiger partial charge in [0.2, 0.25) is 0 Å². The summed E-state index contributed by atoms with van der Waals surface area (Å²) < 4.78 is 0. The van der Waals surface area contributed by atoms with Crippen LogP contribution >= 0.6 is 0 Å². The van der Waals surface area contributed by atoms with Gasteiger partial charge in [-0.15, -0.1) is 0 Å². The Balaban J connectivity index is 2.55. The van der Waals surface area contributed by atoms with Crippen LogP contribution < -0.4 is 0 Å². The normalized spacial score (nSPS) is 14.5. The fraction of sp³-hybridized carbons (Fsp3) is 0.647. The van der Waals surface area contributed by atoms with E-state index in [1.54, 1.807) is 5.56 Å². The van der Waals surface area contributed by atoms with Crippen LogP contribution in [0.15, 0.2) is 30.3 Å². The first kappa shape index (κ1) is 14.3. The maximum atomic E-state index is 2.40. The molecule has 0 aliphatic carbocycles. The Morgan fingerprint density at radius 3 is 2.24 bits per heavy atom. The van der Waals surface area contributed by atoms with Crippen molar-refractivity contribution < 1.29 is 0 Å². The molecule has 0 bridgehead atoms. The highest BCUT2D eigenvalue weighted by Crippen LogP contribution is 2.31. The topological polar surface area (TPSA) is 0 Å². The Morgan fingerprint density at radius 2 is 1.65 bits per heavy atom. The highest BCUT2D eigenvalue weighted by molar-refractivity contribution is 5.20. The van der Waals surface area contributed by atoms with Crippen molar-refractivity contribution >= 4 is 0 Å². The summed E-state index contributed by atoms with van der Waals surface area (Å²) in [4.78, 5) is 0. The Labute approximate surface area is 107 Å². The Bertz CT molecular complexity index is 275. The molecule has 17 heavy (non-hydrogen) atoms. The van der Waals surface area contributed by atoms with E-state index >= 15 is 0 Å². The molecule has 0 N–H and O–H groups in total. The predicted molar refractivity (Wildman–Crippen MR) is 77.4 cm³/mol. The van der Waals surface area contributed by atoms with Gasteiger partial charge in [0.25, 0.3) is 0 Å². The molecule has 0 heterocycles. The molecule has 2 unspecified atom stereocenters. The summed E-state index contributed by atoms with van der Waals surface area (Å²) in [6.45, 7) is 6.99. The number of unbranched alkanes of at least 4 members (excludes halogenated alkanes) is 3. The molecule has 0 heteroatoms. The fourth-order valence-corrected chi connectivity index (χ4v) is 2.56. The van der Waals surface area contributed by atoms with E-state index in [1.165, 1.54) is 38.5 Å². The number of rotatable bonds is 8. The predicted octanol–water partition coefficient (Wildman–Crippen LogP) is 5.79. The summed E-state index contributed by atoms with van der Waals surface area (Å²) in [5.74, 6) is 1.57. The van der Waals surface area contributed by atoms with Crippen LogP contribution in [0.1, 0.15) is 70.8 Å². The standard InChI is InChI=1S/C17H28/c1-4-6-7-11-14-17(15(3)5-2)16-12-9-8-10-13-16/h8-10,12-13,15,17H,4-7,11,14H2,1-3H3. The highest BCUT2D eigenvalue weighted by Gasteiger charge is 2.16. The van der Waals surface area contributed by atoms with Gasteiger partial charge in [-0.2, -0.15) is 0 Å². The maximum Gasteiger partial charge on any atom is -0.0136 e. The maximum absolute atomic E-state index is 2.40. The van der Waals surface area contributed by atoms with Crippen LogP contribution in [0.3, 0.4) is 0 Å². The van der Waals surface area contributed by atoms with Crippen molar-refractivity contribution in [3.63, 3.8) is 0 Å². The average Bonchev–Trinajstić information content (AvgIpc) is 2.39. The summed E-state index contributed by atoms with van der Waals surface area (Å²) in [6, 6.07) is 11.1. The van der Waals surface area contributed by atoms with Gasteiger partial charge in [0.1, 0.15) is 0 Å². The summed E-state index contributed by atoms with van der Waals surface area (Å²) in [5, 5.41) is 0. The summed E-state index contributed by atoms with van der Waals surface area (Å²) >= 11 is 0. The van der Waals surface area contributed by atoms with Crippen molar-refractivity contribution in [3.05, 3.63) is 35.9 Å². The molecular weight excluding hydrogens is 204 g/mol. The number of hydrogen-bond donors (Lipinski definition) is 0. The molecule has 0 saturated carbocycles. The van der Waals surface area contributed by atoms with Crippen molar-refractivity contribution in [2.45, 2.75) is 65.2 Å². The van der Waals surface area contributed by atoms with Crippen LogP contribution in [0, 0.1) is 5.92 Å². The van der Waals surface area contributed by atoms with Crippen LogP contribution in [0.2, 0.25) is 0 Å². The summed E-state index contributed by atoms with van der Waals surface area (Å²) in [7, 11) is 0. The van der Waals surface area contributed by atoms with E-state index < -0.39 is 0 Å². The largest absolute Gasteiger partial charge is 0.0654 e. The molecule has 0 saturated heterocycles. The van der Waals surface area contributed by atoms with Crippen LogP contribution in [-0.2, 0) is 0 Å². The number of benzene rings is 1. The molecule has 0 spiro atoms. The van der Waals surface area contributed by atoms with Gasteiger partial charge in [0.05, 0.1) is 0 Å². The van der Waals surface area contributed by atoms with Gasteiger partial charge >= 0.3 is 0 Å². The number of hydrogen-bond acceptors (Lipinski definition) is 0. The molecule has 0 aliphatic heterocycles. The third kappa shape index (κ3) is 4.93. The summed E-state index contributed by atoms with van der Waals surface area (Å²) in [5.41, 5.74) is 1.54. The highest BCUT2D eigenvalue weighted by atomic mass is 14.2. The second-order valence-electron chi connectivity index (χ2n) is 5.25.